The summed E-state index contributed by atoms with van der Waals surface area (Å²) in [7, 11) is 0. The van der Waals surface area contributed by atoms with Crippen molar-refractivity contribution in [3.05, 3.63) is 0 Å². The van der Waals surface area contributed by atoms with E-state index in [1.807, 2.05) is 0 Å². The smallest absolute Gasteiger partial charge is 0 e. The zero-order valence-electron chi connectivity index (χ0n) is 2.32. The van der Waals surface area contributed by atoms with E-state index >= 15 is 0 Å². The molecule has 0 atom stereocenters. The van der Waals surface area contributed by atoms with E-state index in [1.165, 1.54) is 0 Å². The van der Waals surface area contributed by atoms with Gasteiger partial charge in [-0.05, 0) is 0 Å². The molecule has 0 aliphatic carbocycles. The second-order valence-corrected chi connectivity index (χ2v) is 0. The SMILES string of the molecule is [Ag].[Au].[Cu].[PbH2].[Zn]. The Balaban J connectivity index is 0. The van der Waals surface area contributed by atoms with Crippen molar-refractivity contribution in [2.24, 2.45) is 0 Å². The summed E-state index contributed by atoms with van der Waals surface area (Å²) >= 11 is 0. The van der Waals surface area contributed by atoms with Crippen LogP contribution in [-0.2, 0) is 81.3 Å². The van der Waals surface area contributed by atoms with Crippen LogP contribution in [0.4, 0.5) is 0 Å². The molecular weight excluding hydrogens is 641 g/mol. The zero-order valence-corrected chi connectivity index (χ0v) is 15.4. The van der Waals surface area contributed by atoms with Crippen molar-refractivity contribution in [3.8, 4) is 0 Å². The van der Waals surface area contributed by atoms with Crippen LogP contribution in [0.15, 0.2) is 0 Å². The fraction of sp³-hybridized carbons (Fsp3) is 0. The van der Waals surface area contributed by atoms with Gasteiger partial charge in [0, 0.05) is 81.3 Å². The first kappa shape index (κ1) is 38.7. The standard InChI is InChI=1S/Ag.Au.Cu.Pb.Zn.2H. The summed E-state index contributed by atoms with van der Waals surface area (Å²) in [6.45, 7) is 0. The summed E-state index contributed by atoms with van der Waals surface area (Å²) in [5.74, 6) is 0. The van der Waals surface area contributed by atoms with Crippen LogP contribution in [0, 0.1) is 0 Å². The molecule has 0 aliphatic rings. The molecule has 0 N–H and O–H groups in total. The third-order valence-electron chi connectivity index (χ3n) is 0. The summed E-state index contributed by atoms with van der Waals surface area (Å²) in [5, 5.41) is 0. The maximum atomic E-state index is 0. The van der Waals surface area contributed by atoms with Crippen LogP contribution < -0.4 is 0 Å². The minimum atomic E-state index is 0. The van der Waals surface area contributed by atoms with Gasteiger partial charge < -0.3 is 0 Å². The predicted octanol–water partition coefficient (Wildman–Crippen LogP) is -0.926. The summed E-state index contributed by atoms with van der Waals surface area (Å²) in [5.41, 5.74) is 0. The van der Waals surface area contributed by atoms with Gasteiger partial charge in [-0.2, -0.15) is 0 Å². The molecule has 0 spiro atoms. The Morgan fingerprint density at radius 3 is 1.00 bits per heavy atom. The van der Waals surface area contributed by atoms with Crippen LogP contribution in [-0.4, -0.2) is 27.3 Å². The average Bonchev–Trinajstić information content (AvgIpc) is 0. The molecule has 0 heterocycles. The molecule has 0 saturated heterocycles. The van der Waals surface area contributed by atoms with E-state index < -0.39 is 0 Å². The van der Waals surface area contributed by atoms with E-state index in [9.17, 15) is 0 Å². The van der Waals surface area contributed by atoms with Crippen molar-refractivity contribution < 1.29 is 81.3 Å². The Morgan fingerprint density at radius 2 is 1.00 bits per heavy atom. The monoisotopic (exact) mass is 641 g/mol. The van der Waals surface area contributed by atoms with Crippen molar-refractivity contribution in [2.75, 3.05) is 0 Å². The molecule has 0 amide bonds. The first-order valence-electron chi connectivity index (χ1n) is 0. The van der Waals surface area contributed by atoms with Gasteiger partial charge in [-0.1, -0.05) is 0 Å². The quantitative estimate of drug-likeness (QED) is 0.300. The molecule has 0 nitrogen and oxygen atoms in total. The molecule has 0 unspecified atom stereocenters. The van der Waals surface area contributed by atoms with Gasteiger partial charge >= 0.3 is 27.3 Å². The second-order valence-electron chi connectivity index (χ2n) is 0. The third kappa shape index (κ3) is 18.5. The molecule has 5 heavy (non-hydrogen) atoms. The molecule has 0 bridgehead atoms. The van der Waals surface area contributed by atoms with Crippen molar-refractivity contribution in [1.82, 2.24) is 0 Å². The van der Waals surface area contributed by atoms with Crippen molar-refractivity contribution in [2.45, 2.75) is 0 Å². The fourth-order valence-corrected chi connectivity index (χ4v) is 0. The first-order chi connectivity index (χ1) is 0. The first-order valence-corrected chi connectivity index (χ1v) is 0. The summed E-state index contributed by atoms with van der Waals surface area (Å²) in [4.78, 5) is 0. The Labute approximate surface area is 106 Å². The Hall–Kier alpha value is 3.55. The summed E-state index contributed by atoms with van der Waals surface area (Å²) in [6.07, 6.45) is 0. The number of hydrogen-bond donors (Lipinski definition) is 0. The Bertz CT molecular complexity index is 11.6. The zero-order chi connectivity index (χ0) is 0. The van der Waals surface area contributed by atoms with E-state index in [1.54, 1.807) is 0 Å². The van der Waals surface area contributed by atoms with Crippen LogP contribution in [0.3, 0.4) is 0 Å². The predicted molar refractivity (Wildman–Crippen MR) is 8.54 cm³/mol. The number of rotatable bonds is 0. The van der Waals surface area contributed by atoms with Gasteiger partial charge in [-0.3, -0.25) is 0 Å². The molecule has 0 aliphatic heterocycles. The Kier molecular flexibility index (Phi) is 199. The molecule has 0 aromatic heterocycles. The minimum absolute atomic E-state index is 0. The van der Waals surface area contributed by atoms with Gasteiger partial charge in [-0.25, -0.2) is 0 Å². The maximum absolute atomic E-state index is 0. The van der Waals surface area contributed by atoms with E-state index in [-0.39, 0.29) is 109 Å². The van der Waals surface area contributed by atoms with Crippen LogP contribution in [0.1, 0.15) is 0 Å². The average molecular weight is 643 g/mol. The number of hydrogen-bond acceptors (Lipinski definition) is 0. The van der Waals surface area contributed by atoms with E-state index in [4.69, 9.17) is 0 Å². The van der Waals surface area contributed by atoms with Crippen LogP contribution >= 0.6 is 0 Å². The molecule has 0 saturated carbocycles. The van der Waals surface area contributed by atoms with E-state index in [0.717, 1.165) is 0 Å². The van der Waals surface area contributed by atoms with Crippen molar-refractivity contribution in [3.63, 3.8) is 0 Å². The fourth-order valence-electron chi connectivity index (χ4n) is 0. The Morgan fingerprint density at radius 1 is 1.00 bits per heavy atom. The third-order valence-corrected chi connectivity index (χ3v) is 0. The molecule has 0 rings (SSSR count). The molecule has 0 fully saturated rings. The van der Waals surface area contributed by atoms with Gasteiger partial charge in [0.2, 0.25) is 0 Å². The second kappa shape index (κ2) is 25.7. The summed E-state index contributed by atoms with van der Waals surface area (Å²) < 4.78 is 0. The minimum Gasteiger partial charge on any atom is 0 e. The van der Waals surface area contributed by atoms with Crippen LogP contribution in [0.25, 0.3) is 0 Å². The van der Waals surface area contributed by atoms with Gasteiger partial charge in [0.25, 0.3) is 0 Å². The molecule has 0 aromatic rings. The van der Waals surface area contributed by atoms with E-state index in [2.05, 4.69) is 0 Å². The van der Waals surface area contributed by atoms with Gasteiger partial charge in [0.15, 0.2) is 0 Å². The van der Waals surface area contributed by atoms with Crippen molar-refractivity contribution in [1.29, 1.82) is 0 Å². The molecule has 41 valence electrons. The summed E-state index contributed by atoms with van der Waals surface area (Å²) in [6, 6.07) is 0. The molecular formula is H2AgAuCuPbZn. The van der Waals surface area contributed by atoms with Crippen LogP contribution in [0.5, 0.6) is 0 Å². The molecule has 5 radical (unpaired) electrons. The van der Waals surface area contributed by atoms with Gasteiger partial charge in [-0.15, -0.1) is 0 Å². The molecule has 0 aromatic carbocycles. The van der Waals surface area contributed by atoms with Crippen LogP contribution in [0.2, 0.25) is 0 Å². The maximum Gasteiger partial charge on any atom is 0 e. The largest absolute Gasteiger partial charge is 0 e. The normalized spacial score (nSPS) is 0. The van der Waals surface area contributed by atoms with Crippen molar-refractivity contribution >= 4 is 27.3 Å². The van der Waals surface area contributed by atoms with E-state index in [0.29, 0.717) is 0 Å². The van der Waals surface area contributed by atoms with Gasteiger partial charge in [0.05, 0.1) is 0 Å². The molecule has 5 heteroatoms. The topological polar surface area (TPSA) is 0 Å². The van der Waals surface area contributed by atoms with Gasteiger partial charge in [0.1, 0.15) is 0 Å².